The van der Waals surface area contributed by atoms with Gasteiger partial charge in [-0.25, -0.2) is 0 Å². The summed E-state index contributed by atoms with van der Waals surface area (Å²) >= 11 is 1.32. The Morgan fingerprint density at radius 1 is 0.941 bits per heavy atom. The zero-order valence-electron chi connectivity index (χ0n) is 9.96. The molecule has 0 unspecified atom stereocenters. The lowest BCUT2D eigenvalue weighted by molar-refractivity contribution is 0.644. The van der Waals surface area contributed by atoms with Crippen molar-refractivity contribution in [3.8, 4) is 5.75 Å². The van der Waals surface area contributed by atoms with Crippen LogP contribution < -0.4 is 8.49 Å². The third-order valence-corrected chi connectivity index (χ3v) is 3.09. The molecular weight excluding hydrogens is 230 g/mol. The Bertz CT molecular complexity index is 455. The van der Waals surface area contributed by atoms with E-state index in [-0.39, 0.29) is 0 Å². The van der Waals surface area contributed by atoms with Crippen molar-refractivity contribution in [2.24, 2.45) is 0 Å². The van der Waals surface area contributed by atoms with Crippen molar-refractivity contribution >= 4 is 17.9 Å². The molecule has 0 saturated heterocycles. The predicted molar refractivity (Wildman–Crippen MR) is 74.2 cm³/mol. The molecule has 0 saturated carbocycles. The van der Waals surface area contributed by atoms with Crippen LogP contribution in [0, 0.1) is 6.92 Å². The summed E-state index contributed by atoms with van der Waals surface area (Å²) in [5, 5.41) is 0. The van der Waals surface area contributed by atoms with Crippen LogP contribution in [0.3, 0.4) is 0 Å². The predicted octanol–water partition coefficient (Wildman–Crippen LogP) is 4.07. The van der Waals surface area contributed by atoms with Crippen LogP contribution in [0.15, 0.2) is 54.6 Å². The molecule has 0 N–H and O–H groups in total. The van der Waals surface area contributed by atoms with Crippen LogP contribution in [0.4, 0.5) is 5.69 Å². The molecule has 0 heterocycles. The number of para-hydroxylation sites is 1. The van der Waals surface area contributed by atoms with Crippen molar-refractivity contribution in [3.05, 3.63) is 60.2 Å². The van der Waals surface area contributed by atoms with Crippen molar-refractivity contribution in [1.29, 1.82) is 0 Å². The molecule has 0 aromatic heterocycles. The first-order valence-corrected chi connectivity index (χ1v) is 6.15. The minimum absolute atomic E-state index is 0.864. The second-order valence-electron chi connectivity index (χ2n) is 3.80. The molecule has 88 valence electrons. The number of hydrogen-bond donors (Lipinski definition) is 0. The van der Waals surface area contributed by atoms with Gasteiger partial charge in [0, 0.05) is 12.7 Å². The first-order valence-electron chi connectivity index (χ1n) is 5.46. The molecule has 2 nitrogen and oxygen atoms in total. The Morgan fingerprint density at radius 3 is 2.24 bits per heavy atom. The lowest BCUT2D eigenvalue weighted by Crippen LogP contribution is -2.08. The van der Waals surface area contributed by atoms with Crippen molar-refractivity contribution < 1.29 is 4.18 Å². The maximum Gasteiger partial charge on any atom is 0.179 e. The number of benzene rings is 2. The van der Waals surface area contributed by atoms with E-state index in [0.29, 0.717) is 0 Å². The number of aryl methyl sites for hydroxylation is 1. The Balaban J connectivity index is 1.92. The minimum atomic E-state index is 0.864. The van der Waals surface area contributed by atoms with E-state index < -0.39 is 0 Å². The van der Waals surface area contributed by atoms with Crippen LogP contribution in [0.25, 0.3) is 0 Å². The van der Waals surface area contributed by atoms with Gasteiger partial charge in [-0.2, -0.15) is 0 Å². The summed E-state index contributed by atoms with van der Waals surface area (Å²) in [6.07, 6.45) is 0. The summed E-state index contributed by atoms with van der Waals surface area (Å²) in [4.78, 5) is 0. The molecule has 0 spiro atoms. The third kappa shape index (κ3) is 3.43. The summed E-state index contributed by atoms with van der Waals surface area (Å²) in [5.74, 6) is 0.864. The Hall–Kier alpha value is -1.61. The largest absolute Gasteiger partial charge is 0.405 e. The molecule has 0 atom stereocenters. The van der Waals surface area contributed by atoms with Crippen molar-refractivity contribution in [1.82, 2.24) is 0 Å². The van der Waals surface area contributed by atoms with Gasteiger partial charge in [0.2, 0.25) is 0 Å². The highest BCUT2D eigenvalue weighted by Gasteiger charge is 2.02. The molecule has 0 aliphatic heterocycles. The van der Waals surface area contributed by atoms with Crippen LogP contribution in [-0.4, -0.2) is 7.05 Å². The van der Waals surface area contributed by atoms with Crippen LogP contribution in [0.2, 0.25) is 0 Å². The van der Waals surface area contributed by atoms with Gasteiger partial charge in [-0.05, 0) is 31.2 Å². The molecule has 2 aromatic carbocycles. The normalized spacial score (nSPS) is 10.0. The smallest absolute Gasteiger partial charge is 0.179 e. The number of rotatable bonds is 4. The molecule has 0 bridgehead atoms. The fraction of sp³-hybridized carbons (Fsp3) is 0.143. The maximum atomic E-state index is 5.62. The molecular formula is C14H15NOS. The van der Waals surface area contributed by atoms with E-state index in [0.717, 1.165) is 11.4 Å². The van der Waals surface area contributed by atoms with Crippen LogP contribution in [0.5, 0.6) is 5.75 Å². The van der Waals surface area contributed by atoms with Crippen molar-refractivity contribution in [3.63, 3.8) is 0 Å². The van der Waals surface area contributed by atoms with E-state index in [4.69, 9.17) is 4.18 Å². The summed E-state index contributed by atoms with van der Waals surface area (Å²) in [6, 6.07) is 18.1. The Labute approximate surface area is 107 Å². The Morgan fingerprint density at radius 2 is 1.59 bits per heavy atom. The summed E-state index contributed by atoms with van der Waals surface area (Å²) in [7, 11) is 1.98. The van der Waals surface area contributed by atoms with Crippen LogP contribution >= 0.6 is 12.2 Å². The van der Waals surface area contributed by atoms with E-state index in [1.54, 1.807) is 0 Å². The Kier molecular flexibility index (Phi) is 3.94. The van der Waals surface area contributed by atoms with E-state index in [9.17, 15) is 0 Å². The molecule has 0 amide bonds. The molecule has 0 aliphatic rings. The zero-order valence-corrected chi connectivity index (χ0v) is 10.8. The highest BCUT2D eigenvalue weighted by molar-refractivity contribution is 7.96. The lowest BCUT2D eigenvalue weighted by atomic mass is 10.2. The second-order valence-corrected chi connectivity index (χ2v) is 4.67. The standard InChI is InChI=1S/C14H15NOS/c1-12-8-10-14(11-9-12)16-17-15(2)13-6-4-3-5-7-13/h3-11H,1-2H3. The monoisotopic (exact) mass is 245 g/mol. The first kappa shape index (κ1) is 11.9. The van der Waals surface area contributed by atoms with Gasteiger partial charge < -0.3 is 4.18 Å². The maximum absolute atomic E-state index is 5.62. The fourth-order valence-corrected chi connectivity index (χ4v) is 1.89. The van der Waals surface area contributed by atoms with Crippen LogP contribution in [0.1, 0.15) is 5.56 Å². The molecule has 0 aliphatic carbocycles. The van der Waals surface area contributed by atoms with E-state index in [1.165, 1.54) is 17.8 Å². The highest BCUT2D eigenvalue weighted by atomic mass is 32.2. The van der Waals surface area contributed by atoms with Gasteiger partial charge >= 0.3 is 0 Å². The SMILES string of the molecule is Cc1ccc(OSN(C)c2ccccc2)cc1. The molecule has 0 fully saturated rings. The van der Waals surface area contributed by atoms with E-state index in [1.807, 2.05) is 66.0 Å². The molecule has 0 radical (unpaired) electrons. The van der Waals surface area contributed by atoms with Crippen molar-refractivity contribution in [2.75, 3.05) is 11.4 Å². The summed E-state index contributed by atoms with van der Waals surface area (Å²) < 4.78 is 7.61. The minimum Gasteiger partial charge on any atom is -0.405 e. The van der Waals surface area contributed by atoms with E-state index in [2.05, 4.69) is 6.92 Å². The van der Waals surface area contributed by atoms with Gasteiger partial charge in [0.1, 0.15) is 5.75 Å². The van der Waals surface area contributed by atoms with Gasteiger partial charge in [-0.3, -0.25) is 4.31 Å². The first-order chi connectivity index (χ1) is 8.25. The topological polar surface area (TPSA) is 12.5 Å². The van der Waals surface area contributed by atoms with Gasteiger partial charge in [0.15, 0.2) is 12.2 Å². The summed E-state index contributed by atoms with van der Waals surface area (Å²) in [6.45, 7) is 2.06. The zero-order chi connectivity index (χ0) is 12.1. The van der Waals surface area contributed by atoms with Gasteiger partial charge in [-0.1, -0.05) is 35.9 Å². The molecule has 17 heavy (non-hydrogen) atoms. The molecule has 2 rings (SSSR count). The second kappa shape index (κ2) is 5.64. The number of nitrogens with zero attached hydrogens (tertiary/aromatic N) is 1. The quantitative estimate of drug-likeness (QED) is 0.595. The van der Waals surface area contributed by atoms with E-state index >= 15 is 0 Å². The van der Waals surface area contributed by atoms with Gasteiger partial charge in [0.05, 0.1) is 0 Å². The average Bonchev–Trinajstić information content (AvgIpc) is 2.39. The average molecular weight is 245 g/mol. The summed E-state index contributed by atoms with van der Waals surface area (Å²) in [5.41, 5.74) is 2.35. The lowest BCUT2D eigenvalue weighted by Gasteiger charge is -2.16. The third-order valence-electron chi connectivity index (χ3n) is 2.39. The molecule has 2 aromatic rings. The van der Waals surface area contributed by atoms with Gasteiger partial charge in [0.25, 0.3) is 0 Å². The fourth-order valence-electron chi connectivity index (χ4n) is 1.37. The molecule has 3 heteroatoms. The highest BCUT2D eigenvalue weighted by Crippen LogP contribution is 2.23. The van der Waals surface area contributed by atoms with Crippen LogP contribution in [-0.2, 0) is 0 Å². The number of hydrogen-bond acceptors (Lipinski definition) is 3. The number of anilines is 1. The van der Waals surface area contributed by atoms with Gasteiger partial charge in [-0.15, -0.1) is 0 Å². The van der Waals surface area contributed by atoms with Crippen molar-refractivity contribution in [2.45, 2.75) is 6.92 Å².